The standard InChI is InChI=1S/C27H41NO3S/c1-4-6-8-10-11-15-23-31-27-17-13-12-16-26(27)28(22-14-9-7-5-2)32(29,30)25-20-18-24(3)19-21-25/h4-5,7,9,14,18-21,26-27H,1,6,8,10-13,15-17,22-23H2,2-3H3/b7-5+,14-9+/t26-,27-/m1/s1. The van der Waals surface area contributed by atoms with Crippen molar-refractivity contribution in [2.45, 2.75) is 88.7 Å². The average Bonchev–Trinajstić information content (AvgIpc) is 2.79. The van der Waals surface area contributed by atoms with Gasteiger partial charge in [0.1, 0.15) is 0 Å². The van der Waals surface area contributed by atoms with Gasteiger partial charge in [-0.25, -0.2) is 8.42 Å². The average molecular weight is 460 g/mol. The van der Waals surface area contributed by atoms with Gasteiger partial charge in [0.15, 0.2) is 0 Å². The molecule has 0 aliphatic heterocycles. The first-order chi connectivity index (χ1) is 15.5. The predicted molar refractivity (Wildman–Crippen MR) is 134 cm³/mol. The lowest BCUT2D eigenvalue weighted by molar-refractivity contribution is -0.0150. The zero-order valence-corrected chi connectivity index (χ0v) is 20.7. The van der Waals surface area contributed by atoms with Crippen LogP contribution in [-0.2, 0) is 14.8 Å². The molecule has 2 rings (SSSR count). The van der Waals surface area contributed by atoms with Crippen molar-refractivity contribution in [3.8, 4) is 0 Å². The maximum atomic E-state index is 13.6. The second-order valence-electron chi connectivity index (χ2n) is 8.59. The Labute approximate surface area is 196 Å². The number of rotatable bonds is 14. The summed E-state index contributed by atoms with van der Waals surface area (Å²) in [7, 11) is -3.61. The van der Waals surface area contributed by atoms with Crippen molar-refractivity contribution >= 4 is 10.0 Å². The van der Waals surface area contributed by atoms with Gasteiger partial charge in [-0.2, -0.15) is 4.31 Å². The highest BCUT2D eigenvalue weighted by molar-refractivity contribution is 7.89. The summed E-state index contributed by atoms with van der Waals surface area (Å²) in [5.41, 5.74) is 1.05. The van der Waals surface area contributed by atoms with E-state index in [0.29, 0.717) is 18.0 Å². The topological polar surface area (TPSA) is 46.6 Å². The zero-order valence-electron chi connectivity index (χ0n) is 19.9. The Morgan fingerprint density at radius 1 is 1.06 bits per heavy atom. The van der Waals surface area contributed by atoms with Gasteiger partial charge in [0, 0.05) is 13.2 Å². The highest BCUT2D eigenvalue weighted by Gasteiger charge is 2.37. The first-order valence-corrected chi connectivity index (χ1v) is 13.5. The molecule has 0 bridgehead atoms. The highest BCUT2D eigenvalue weighted by atomic mass is 32.2. The second kappa shape index (κ2) is 14.5. The van der Waals surface area contributed by atoms with Crippen LogP contribution in [-0.4, -0.2) is 38.0 Å². The summed E-state index contributed by atoms with van der Waals surface area (Å²) in [5, 5.41) is 0. The van der Waals surface area contributed by atoms with Crippen LogP contribution in [0.4, 0.5) is 0 Å². The molecule has 1 aliphatic carbocycles. The van der Waals surface area contributed by atoms with Gasteiger partial charge in [-0.3, -0.25) is 0 Å². The molecule has 32 heavy (non-hydrogen) atoms. The monoisotopic (exact) mass is 459 g/mol. The Morgan fingerprint density at radius 2 is 1.78 bits per heavy atom. The molecular formula is C27H41NO3S. The molecule has 5 heteroatoms. The number of hydrogen-bond donors (Lipinski definition) is 0. The predicted octanol–water partition coefficient (Wildman–Crippen LogP) is 6.58. The van der Waals surface area contributed by atoms with E-state index < -0.39 is 10.0 Å². The number of aryl methyl sites for hydroxylation is 1. The number of sulfonamides is 1. The number of hydrogen-bond acceptors (Lipinski definition) is 3. The Bertz CT molecular complexity index is 827. The van der Waals surface area contributed by atoms with E-state index in [1.165, 1.54) is 12.8 Å². The van der Waals surface area contributed by atoms with E-state index in [9.17, 15) is 8.42 Å². The van der Waals surface area contributed by atoms with Gasteiger partial charge in [-0.1, -0.05) is 73.8 Å². The molecule has 0 unspecified atom stereocenters. The lowest BCUT2D eigenvalue weighted by atomic mass is 9.92. The van der Waals surface area contributed by atoms with E-state index in [-0.39, 0.29) is 12.1 Å². The summed E-state index contributed by atoms with van der Waals surface area (Å²) in [5.74, 6) is 0. The van der Waals surface area contributed by atoms with Gasteiger partial charge in [0.25, 0.3) is 0 Å². The molecular weight excluding hydrogens is 418 g/mol. The van der Waals surface area contributed by atoms with Crippen LogP contribution in [0.5, 0.6) is 0 Å². The van der Waals surface area contributed by atoms with Crippen molar-refractivity contribution in [2.75, 3.05) is 13.2 Å². The van der Waals surface area contributed by atoms with E-state index in [1.807, 2.05) is 56.4 Å². The minimum Gasteiger partial charge on any atom is -0.377 e. The fourth-order valence-electron chi connectivity index (χ4n) is 4.19. The minimum atomic E-state index is -3.61. The van der Waals surface area contributed by atoms with Crippen LogP contribution in [0, 0.1) is 6.92 Å². The third kappa shape index (κ3) is 8.34. The molecule has 1 fully saturated rings. The molecule has 1 aromatic rings. The highest BCUT2D eigenvalue weighted by Crippen LogP contribution is 2.30. The zero-order chi connectivity index (χ0) is 23.2. The quantitative estimate of drug-likeness (QED) is 0.179. The van der Waals surface area contributed by atoms with Crippen molar-refractivity contribution in [2.24, 2.45) is 0 Å². The summed E-state index contributed by atoms with van der Waals surface area (Å²) in [4.78, 5) is 0.356. The Morgan fingerprint density at radius 3 is 2.50 bits per heavy atom. The number of ether oxygens (including phenoxy) is 1. The van der Waals surface area contributed by atoms with Crippen molar-refractivity contribution in [3.63, 3.8) is 0 Å². The molecule has 0 heterocycles. The van der Waals surface area contributed by atoms with E-state index in [1.54, 1.807) is 16.4 Å². The van der Waals surface area contributed by atoms with Gasteiger partial charge in [0.05, 0.1) is 17.0 Å². The van der Waals surface area contributed by atoms with Crippen molar-refractivity contribution in [3.05, 3.63) is 66.8 Å². The SMILES string of the molecule is C=CCCCCCCO[C@@H]1CCCC[C@H]1N(C/C=C/C=C/C)S(=O)(=O)c1ccc(C)cc1. The van der Waals surface area contributed by atoms with Gasteiger partial charge in [-0.15, -0.1) is 6.58 Å². The molecule has 0 radical (unpaired) electrons. The van der Waals surface area contributed by atoms with Crippen LogP contribution in [0.3, 0.4) is 0 Å². The molecule has 0 aromatic heterocycles. The van der Waals surface area contributed by atoms with Gasteiger partial charge in [0.2, 0.25) is 10.0 Å². The van der Waals surface area contributed by atoms with E-state index in [0.717, 1.165) is 50.5 Å². The lowest BCUT2D eigenvalue weighted by Gasteiger charge is -2.38. The molecule has 1 aliphatic rings. The fourth-order valence-corrected chi connectivity index (χ4v) is 5.82. The van der Waals surface area contributed by atoms with Crippen LogP contribution in [0.15, 0.2) is 66.1 Å². The van der Waals surface area contributed by atoms with Crippen LogP contribution in [0.25, 0.3) is 0 Å². The van der Waals surface area contributed by atoms with E-state index in [4.69, 9.17) is 4.74 Å². The molecule has 1 aromatic carbocycles. The van der Waals surface area contributed by atoms with Gasteiger partial charge < -0.3 is 4.74 Å². The third-order valence-corrected chi connectivity index (χ3v) is 7.93. The largest absolute Gasteiger partial charge is 0.377 e. The van der Waals surface area contributed by atoms with Crippen molar-refractivity contribution < 1.29 is 13.2 Å². The van der Waals surface area contributed by atoms with Crippen LogP contribution in [0.2, 0.25) is 0 Å². The van der Waals surface area contributed by atoms with Crippen molar-refractivity contribution in [1.29, 1.82) is 0 Å². The smallest absolute Gasteiger partial charge is 0.243 e. The number of nitrogens with zero attached hydrogens (tertiary/aromatic N) is 1. The molecule has 178 valence electrons. The molecule has 2 atom stereocenters. The Balaban J connectivity index is 2.13. The number of allylic oxidation sites excluding steroid dienone is 4. The summed E-state index contributed by atoms with van der Waals surface area (Å²) in [6.45, 7) is 8.74. The van der Waals surface area contributed by atoms with Crippen LogP contribution < -0.4 is 0 Å². The minimum absolute atomic E-state index is 0.0488. The summed E-state index contributed by atoms with van der Waals surface area (Å²) < 4.78 is 35.2. The maximum absolute atomic E-state index is 13.6. The molecule has 1 saturated carbocycles. The summed E-state index contributed by atoms with van der Waals surface area (Å²) >= 11 is 0. The normalized spacial score (nSPS) is 19.8. The summed E-state index contributed by atoms with van der Waals surface area (Å²) in [6, 6.07) is 7.03. The fraction of sp³-hybridized carbons (Fsp3) is 0.556. The summed E-state index contributed by atoms with van der Waals surface area (Å²) in [6.07, 6.45) is 19.1. The number of benzene rings is 1. The number of unbranched alkanes of at least 4 members (excludes halogenated alkanes) is 4. The third-order valence-electron chi connectivity index (χ3n) is 6.02. The second-order valence-corrected chi connectivity index (χ2v) is 10.5. The molecule has 0 amide bonds. The molecule has 0 spiro atoms. The molecule has 4 nitrogen and oxygen atoms in total. The van der Waals surface area contributed by atoms with Gasteiger partial charge >= 0.3 is 0 Å². The first kappa shape index (κ1) is 26.6. The van der Waals surface area contributed by atoms with Crippen LogP contribution in [0.1, 0.15) is 70.3 Å². The molecule has 0 saturated heterocycles. The van der Waals surface area contributed by atoms with E-state index in [2.05, 4.69) is 6.58 Å². The Kier molecular flexibility index (Phi) is 12.0. The lowest BCUT2D eigenvalue weighted by Crippen LogP contribution is -2.49. The Hall–Kier alpha value is -1.69. The first-order valence-electron chi connectivity index (χ1n) is 12.1. The van der Waals surface area contributed by atoms with Crippen LogP contribution >= 0.6 is 0 Å². The van der Waals surface area contributed by atoms with E-state index >= 15 is 0 Å². The van der Waals surface area contributed by atoms with Gasteiger partial charge in [-0.05, 0) is 58.1 Å². The molecule has 0 N–H and O–H groups in total. The van der Waals surface area contributed by atoms with Crippen molar-refractivity contribution in [1.82, 2.24) is 4.31 Å². The maximum Gasteiger partial charge on any atom is 0.243 e.